The zero-order valence-electron chi connectivity index (χ0n) is 16.7. The fourth-order valence-corrected chi connectivity index (χ4v) is 3.95. The van der Waals surface area contributed by atoms with Gasteiger partial charge in [0.1, 0.15) is 22.6 Å². The first kappa shape index (κ1) is 21.1. The van der Waals surface area contributed by atoms with Crippen LogP contribution in [0.1, 0.15) is 11.4 Å². The zero-order chi connectivity index (χ0) is 22.7. The molecule has 0 aliphatic rings. The van der Waals surface area contributed by atoms with E-state index in [1.165, 1.54) is 19.2 Å². The normalized spacial score (nSPS) is 11.8. The number of fused-ring (bicyclic) bond motifs is 1. The van der Waals surface area contributed by atoms with Crippen LogP contribution in [0, 0.1) is 17.1 Å². The van der Waals surface area contributed by atoms with E-state index in [0.29, 0.717) is 11.4 Å². The molecule has 7 nitrogen and oxygen atoms in total. The van der Waals surface area contributed by atoms with Crippen LogP contribution in [-0.4, -0.2) is 25.5 Å². The van der Waals surface area contributed by atoms with E-state index in [4.69, 9.17) is 8.92 Å². The number of methoxy groups -OCH3 is 1. The van der Waals surface area contributed by atoms with Crippen LogP contribution in [0.3, 0.4) is 0 Å². The highest BCUT2D eigenvalue weighted by atomic mass is 32.2. The van der Waals surface area contributed by atoms with Crippen LogP contribution in [0.25, 0.3) is 22.7 Å². The number of H-pyrrole nitrogens is 1. The van der Waals surface area contributed by atoms with E-state index >= 15 is 0 Å². The Kier molecular flexibility index (Phi) is 5.62. The van der Waals surface area contributed by atoms with Gasteiger partial charge in [-0.15, -0.1) is 0 Å². The monoisotopic (exact) mass is 449 g/mol. The smallest absolute Gasteiger partial charge is 0.339 e. The number of halogens is 1. The topological polar surface area (TPSA) is 105 Å². The minimum Gasteiger partial charge on any atom is -0.493 e. The molecule has 0 atom stereocenters. The number of aromatic amines is 1. The number of hydrogen-bond acceptors (Lipinski definition) is 6. The molecule has 160 valence electrons. The number of hydrogen-bond donors (Lipinski definition) is 1. The molecule has 32 heavy (non-hydrogen) atoms. The molecule has 0 unspecified atom stereocenters. The molecule has 0 spiro atoms. The second-order valence-electron chi connectivity index (χ2n) is 6.67. The van der Waals surface area contributed by atoms with Crippen molar-refractivity contribution in [2.24, 2.45) is 0 Å². The summed E-state index contributed by atoms with van der Waals surface area (Å²) in [5, 5.41) is 9.61. The Morgan fingerprint density at radius 2 is 1.84 bits per heavy atom. The van der Waals surface area contributed by atoms with Crippen LogP contribution in [0.2, 0.25) is 0 Å². The van der Waals surface area contributed by atoms with Crippen molar-refractivity contribution >= 4 is 32.8 Å². The van der Waals surface area contributed by atoms with Gasteiger partial charge in [-0.3, -0.25) is 0 Å². The Hall–Kier alpha value is -4.16. The second kappa shape index (κ2) is 8.53. The van der Waals surface area contributed by atoms with E-state index in [2.05, 4.69) is 16.0 Å². The van der Waals surface area contributed by atoms with Gasteiger partial charge < -0.3 is 13.9 Å². The summed E-state index contributed by atoms with van der Waals surface area (Å²) in [6.45, 7) is 0. The zero-order valence-corrected chi connectivity index (χ0v) is 17.6. The average Bonchev–Trinajstić information content (AvgIpc) is 3.22. The highest BCUT2D eigenvalue weighted by Crippen LogP contribution is 2.32. The van der Waals surface area contributed by atoms with Gasteiger partial charge in [0.15, 0.2) is 11.5 Å². The third-order valence-corrected chi connectivity index (χ3v) is 5.81. The van der Waals surface area contributed by atoms with Gasteiger partial charge in [-0.1, -0.05) is 18.2 Å². The number of nitrogens with one attached hydrogen (secondary N) is 1. The van der Waals surface area contributed by atoms with E-state index in [0.717, 1.165) is 35.3 Å². The van der Waals surface area contributed by atoms with Crippen molar-refractivity contribution in [1.29, 1.82) is 5.26 Å². The van der Waals surface area contributed by atoms with Gasteiger partial charge in [0.25, 0.3) is 0 Å². The largest absolute Gasteiger partial charge is 0.493 e. The summed E-state index contributed by atoms with van der Waals surface area (Å²) in [6, 6.07) is 18.3. The van der Waals surface area contributed by atoms with Crippen LogP contribution in [-0.2, 0) is 10.1 Å². The quantitative estimate of drug-likeness (QED) is 0.342. The van der Waals surface area contributed by atoms with Crippen molar-refractivity contribution in [2.75, 3.05) is 7.11 Å². The lowest BCUT2D eigenvalue weighted by atomic mass is 10.1. The minimum atomic E-state index is -4.19. The first-order valence-corrected chi connectivity index (χ1v) is 10.8. The molecule has 0 saturated heterocycles. The lowest BCUT2D eigenvalue weighted by Crippen LogP contribution is -2.10. The van der Waals surface area contributed by atoms with E-state index in [1.807, 2.05) is 24.3 Å². The fraction of sp³-hybridized carbons (Fsp3) is 0.0435. The van der Waals surface area contributed by atoms with Gasteiger partial charge in [0.05, 0.1) is 23.7 Å². The predicted molar refractivity (Wildman–Crippen MR) is 117 cm³/mol. The third-order valence-electron chi connectivity index (χ3n) is 4.57. The molecule has 1 heterocycles. The van der Waals surface area contributed by atoms with Gasteiger partial charge in [-0.25, -0.2) is 9.37 Å². The molecule has 4 rings (SSSR count). The maximum absolute atomic E-state index is 13.1. The number of aromatic nitrogens is 2. The van der Waals surface area contributed by atoms with Crippen LogP contribution in [0.15, 0.2) is 71.6 Å². The van der Waals surface area contributed by atoms with Gasteiger partial charge >= 0.3 is 10.1 Å². The number of para-hydroxylation sites is 2. The van der Waals surface area contributed by atoms with Gasteiger partial charge in [0, 0.05) is 0 Å². The Morgan fingerprint density at radius 3 is 2.53 bits per heavy atom. The maximum atomic E-state index is 13.1. The first-order valence-electron chi connectivity index (χ1n) is 9.34. The predicted octanol–water partition coefficient (Wildman–Crippen LogP) is 4.54. The Bertz CT molecular complexity index is 1440. The molecule has 9 heteroatoms. The lowest BCUT2D eigenvalue weighted by Gasteiger charge is -2.11. The molecule has 0 fully saturated rings. The summed E-state index contributed by atoms with van der Waals surface area (Å²) in [5.74, 6) is -0.0511. The van der Waals surface area contributed by atoms with Gasteiger partial charge in [-0.05, 0) is 60.2 Å². The molecule has 1 aromatic heterocycles. The van der Waals surface area contributed by atoms with E-state index < -0.39 is 15.9 Å². The maximum Gasteiger partial charge on any atom is 0.339 e. The number of benzene rings is 3. The van der Waals surface area contributed by atoms with Crippen molar-refractivity contribution < 1.29 is 21.7 Å². The Balaban J connectivity index is 1.65. The SMILES string of the molecule is COc1cc(/C=C(\C#N)c2nc3ccccc3[nH]2)ccc1OS(=O)(=O)c1ccc(F)cc1. The molecular weight excluding hydrogens is 433 g/mol. The average molecular weight is 449 g/mol. The fourth-order valence-electron chi connectivity index (χ4n) is 3.01. The number of allylic oxidation sites excluding steroid dienone is 1. The third kappa shape index (κ3) is 4.31. The summed E-state index contributed by atoms with van der Waals surface area (Å²) < 4.78 is 48.5. The van der Waals surface area contributed by atoms with Crippen LogP contribution in [0.4, 0.5) is 4.39 Å². The molecule has 0 bridgehead atoms. The van der Waals surface area contributed by atoms with E-state index in [9.17, 15) is 18.1 Å². The number of ether oxygens (including phenoxy) is 1. The lowest BCUT2D eigenvalue weighted by molar-refractivity contribution is 0.390. The molecule has 0 radical (unpaired) electrons. The summed E-state index contributed by atoms with van der Waals surface area (Å²) in [4.78, 5) is 7.32. The number of nitrogens with zero attached hydrogens (tertiary/aromatic N) is 2. The van der Waals surface area contributed by atoms with Gasteiger partial charge in [-0.2, -0.15) is 13.7 Å². The molecule has 3 aromatic carbocycles. The highest BCUT2D eigenvalue weighted by molar-refractivity contribution is 7.87. The molecule has 0 aliphatic carbocycles. The van der Waals surface area contributed by atoms with Crippen molar-refractivity contribution in [2.45, 2.75) is 4.90 Å². The van der Waals surface area contributed by atoms with Crippen molar-refractivity contribution in [3.05, 3.63) is 83.9 Å². The molecular formula is C23H16FN3O4S. The summed E-state index contributed by atoms with van der Waals surface area (Å²) in [6.07, 6.45) is 1.60. The van der Waals surface area contributed by atoms with E-state index in [-0.39, 0.29) is 22.0 Å². The Labute approximate surface area is 183 Å². The Morgan fingerprint density at radius 1 is 1.09 bits per heavy atom. The number of rotatable bonds is 6. The molecule has 0 amide bonds. The summed E-state index contributed by atoms with van der Waals surface area (Å²) >= 11 is 0. The number of nitriles is 1. The standard InChI is InChI=1S/C23H16FN3O4S/c1-30-22-13-15(12-16(14-25)23-26-19-4-2-3-5-20(19)27-23)6-11-21(22)31-32(28,29)18-9-7-17(24)8-10-18/h2-13H,1H3,(H,26,27)/b16-12+. The van der Waals surface area contributed by atoms with Crippen molar-refractivity contribution in [1.82, 2.24) is 9.97 Å². The highest BCUT2D eigenvalue weighted by Gasteiger charge is 2.19. The van der Waals surface area contributed by atoms with Crippen molar-refractivity contribution in [3.63, 3.8) is 0 Å². The molecule has 1 N–H and O–H groups in total. The second-order valence-corrected chi connectivity index (χ2v) is 8.22. The summed E-state index contributed by atoms with van der Waals surface area (Å²) in [5.41, 5.74) is 2.40. The van der Waals surface area contributed by atoms with Crippen LogP contribution >= 0.6 is 0 Å². The molecule has 4 aromatic rings. The van der Waals surface area contributed by atoms with Crippen LogP contribution in [0.5, 0.6) is 11.5 Å². The number of imidazole rings is 1. The van der Waals surface area contributed by atoms with Crippen molar-refractivity contribution in [3.8, 4) is 17.6 Å². The minimum absolute atomic E-state index is 0.0452. The first-order chi connectivity index (χ1) is 15.4. The molecule has 0 saturated carbocycles. The summed E-state index contributed by atoms with van der Waals surface area (Å²) in [7, 11) is -2.82. The van der Waals surface area contributed by atoms with Gasteiger partial charge in [0.2, 0.25) is 0 Å². The van der Waals surface area contributed by atoms with Crippen LogP contribution < -0.4 is 8.92 Å². The van der Waals surface area contributed by atoms with E-state index in [1.54, 1.807) is 12.1 Å². The molecule has 0 aliphatic heterocycles.